The summed E-state index contributed by atoms with van der Waals surface area (Å²) < 4.78 is 10.1. The molecule has 0 amide bonds. The number of carbonyl (C=O) groups is 1. The van der Waals surface area contributed by atoms with Gasteiger partial charge < -0.3 is 14.8 Å². The number of esters is 1. The number of nitrogens with one attached hydrogen (secondary N) is 1. The third kappa shape index (κ3) is 5.36. The van der Waals surface area contributed by atoms with Gasteiger partial charge in [0.05, 0.1) is 6.61 Å². The van der Waals surface area contributed by atoms with Gasteiger partial charge in [-0.15, -0.1) is 0 Å². The van der Waals surface area contributed by atoms with Crippen molar-refractivity contribution in [3.05, 3.63) is 29.8 Å². The van der Waals surface area contributed by atoms with Gasteiger partial charge in [0.2, 0.25) is 0 Å². The Kier molecular flexibility index (Phi) is 6.10. The highest BCUT2D eigenvalue weighted by molar-refractivity contribution is 5.71. The van der Waals surface area contributed by atoms with E-state index in [0.717, 1.165) is 18.7 Å². The fourth-order valence-electron chi connectivity index (χ4n) is 1.36. The van der Waals surface area contributed by atoms with Crippen LogP contribution in [0.15, 0.2) is 24.3 Å². The number of rotatable bonds is 7. The molecule has 0 atom stereocenters. The zero-order valence-electron chi connectivity index (χ0n) is 10.4. The van der Waals surface area contributed by atoms with Crippen LogP contribution in [0, 0.1) is 0 Å². The number of benzene rings is 1. The van der Waals surface area contributed by atoms with Crippen LogP contribution in [0.3, 0.4) is 0 Å². The highest BCUT2D eigenvalue weighted by Gasteiger charge is 2.03. The maximum atomic E-state index is 11.1. The van der Waals surface area contributed by atoms with Gasteiger partial charge in [-0.2, -0.15) is 0 Å². The third-order valence-corrected chi connectivity index (χ3v) is 2.14. The molecular formula is C13H19NO3. The van der Waals surface area contributed by atoms with E-state index in [4.69, 9.17) is 9.47 Å². The van der Waals surface area contributed by atoms with Gasteiger partial charge in [-0.1, -0.05) is 19.1 Å². The molecule has 1 N–H and O–H groups in total. The summed E-state index contributed by atoms with van der Waals surface area (Å²) in [5.41, 5.74) is 1.13. The summed E-state index contributed by atoms with van der Waals surface area (Å²) in [5.74, 6) is 0.345. The molecule has 0 bridgehead atoms. The van der Waals surface area contributed by atoms with Crippen LogP contribution in [0.5, 0.6) is 5.75 Å². The van der Waals surface area contributed by atoms with E-state index in [0.29, 0.717) is 12.4 Å². The number of hydrogen-bond donors (Lipinski definition) is 1. The summed E-state index contributed by atoms with van der Waals surface area (Å²) in [7, 11) is 0. The van der Waals surface area contributed by atoms with E-state index < -0.39 is 0 Å². The molecule has 0 aromatic heterocycles. The molecule has 4 nitrogen and oxygen atoms in total. The molecule has 0 radical (unpaired) electrons. The second-order valence-electron chi connectivity index (χ2n) is 3.52. The molecule has 0 fully saturated rings. The third-order valence-electron chi connectivity index (χ3n) is 2.14. The Morgan fingerprint density at radius 3 is 2.88 bits per heavy atom. The lowest BCUT2D eigenvalue weighted by atomic mass is 10.2. The zero-order valence-corrected chi connectivity index (χ0v) is 10.4. The average molecular weight is 237 g/mol. The minimum atomic E-state index is -0.343. The molecule has 1 aromatic rings. The molecule has 0 aliphatic carbocycles. The van der Waals surface area contributed by atoms with E-state index in [1.807, 2.05) is 24.3 Å². The SMILES string of the molecule is CCNCc1cccc(OCC(=O)OCC)c1. The second-order valence-corrected chi connectivity index (χ2v) is 3.52. The van der Waals surface area contributed by atoms with Crippen LogP contribution in [0.25, 0.3) is 0 Å². The predicted octanol–water partition coefficient (Wildman–Crippen LogP) is 1.74. The van der Waals surface area contributed by atoms with Crippen LogP contribution in [0.1, 0.15) is 19.4 Å². The van der Waals surface area contributed by atoms with E-state index in [1.54, 1.807) is 6.92 Å². The van der Waals surface area contributed by atoms with Gasteiger partial charge in [0.1, 0.15) is 5.75 Å². The lowest BCUT2D eigenvalue weighted by molar-refractivity contribution is -0.145. The normalized spacial score (nSPS) is 10.0. The summed E-state index contributed by atoms with van der Waals surface area (Å²) in [5, 5.41) is 3.23. The molecule has 94 valence electrons. The topological polar surface area (TPSA) is 47.6 Å². The first-order valence-electron chi connectivity index (χ1n) is 5.84. The first kappa shape index (κ1) is 13.5. The van der Waals surface area contributed by atoms with Crippen molar-refractivity contribution in [3.63, 3.8) is 0 Å². The Balaban J connectivity index is 2.45. The van der Waals surface area contributed by atoms with Crippen molar-refractivity contribution in [2.24, 2.45) is 0 Å². The zero-order chi connectivity index (χ0) is 12.5. The Morgan fingerprint density at radius 1 is 1.35 bits per heavy atom. The fourth-order valence-corrected chi connectivity index (χ4v) is 1.36. The van der Waals surface area contributed by atoms with Crippen LogP contribution in [0.2, 0.25) is 0 Å². The molecule has 0 aliphatic heterocycles. The first-order chi connectivity index (χ1) is 8.26. The summed E-state index contributed by atoms with van der Waals surface area (Å²) in [6.07, 6.45) is 0. The molecule has 17 heavy (non-hydrogen) atoms. The van der Waals surface area contributed by atoms with Crippen molar-refractivity contribution in [1.29, 1.82) is 0 Å². The van der Waals surface area contributed by atoms with E-state index in [1.165, 1.54) is 0 Å². The highest BCUT2D eigenvalue weighted by atomic mass is 16.6. The average Bonchev–Trinajstić information content (AvgIpc) is 2.35. The maximum Gasteiger partial charge on any atom is 0.344 e. The minimum Gasteiger partial charge on any atom is -0.482 e. The Morgan fingerprint density at radius 2 is 2.18 bits per heavy atom. The number of ether oxygens (including phenoxy) is 2. The van der Waals surface area contributed by atoms with Crippen molar-refractivity contribution in [2.75, 3.05) is 19.8 Å². The molecule has 1 aromatic carbocycles. The Bertz CT molecular complexity index is 352. The molecule has 0 saturated heterocycles. The van der Waals surface area contributed by atoms with Gasteiger partial charge in [-0.25, -0.2) is 4.79 Å². The quantitative estimate of drug-likeness (QED) is 0.734. The summed E-state index contributed by atoms with van der Waals surface area (Å²) in [6.45, 7) is 5.89. The summed E-state index contributed by atoms with van der Waals surface area (Å²) >= 11 is 0. The summed E-state index contributed by atoms with van der Waals surface area (Å²) in [4.78, 5) is 11.1. The van der Waals surface area contributed by atoms with Crippen LogP contribution in [-0.4, -0.2) is 25.7 Å². The Hall–Kier alpha value is -1.55. The van der Waals surface area contributed by atoms with Crippen LogP contribution in [0.4, 0.5) is 0 Å². The molecule has 0 saturated carbocycles. The van der Waals surface area contributed by atoms with Crippen molar-refractivity contribution in [1.82, 2.24) is 5.32 Å². The van der Waals surface area contributed by atoms with Crippen molar-refractivity contribution >= 4 is 5.97 Å². The standard InChI is InChI=1S/C13H19NO3/c1-3-14-9-11-6-5-7-12(8-11)17-10-13(15)16-4-2/h5-8,14H,3-4,9-10H2,1-2H3. The highest BCUT2D eigenvalue weighted by Crippen LogP contribution is 2.13. The molecular weight excluding hydrogens is 218 g/mol. The maximum absolute atomic E-state index is 11.1. The largest absolute Gasteiger partial charge is 0.482 e. The van der Waals surface area contributed by atoms with Crippen molar-refractivity contribution in [2.45, 2.75) is 20.4 Å². The lowest BCUT2D eigenvalue weighted by Crippen LogP contribution is -2.15. The van der Waals surface area contributed by atoms with E-state index in [2.05, 4.69) is 12.2 Å². The fraction of sp³-hybridized carbons (Fsp3) is 0.462. The van der Waals surface area contributed by atoms with Crippen LogP contribution >= 0.6 is 0 Å². The summed E-state index contributed by atoms with van der Waals surface area (Å²) in [6, 6.07) is 7.67. The van der Waals surface area contributed by atoms with E-state index in [9.17, 15) is 4.79 Å². The lowest BCUT2D eigenvalue weighted by Gasteiger charge is -2.07. The number of hydrogen-bond acceptors (Lipinski definition) is 4. The monoisotopic (exact) mass is 237 g/mol. The molecule has 0 heterocycles. The molecule has 4 heteroatoms. The van der Waals surface area contributed by atoms with E-state index in [-0.39, 0.29) is 12.6 Å². The van der Waals surface area contributed by atoms with Gasteiger partial charge in [0.25, 0.3) is 0 Å². The molecule has 0 unspecified atom stereocenters. The van der Waals surface area contributed by atoms with Gasteiger partial charge in [0, 0.05) is 6.54 Å². The molecule has 1 rings (SSSR count). The van der Waals surface area contributed by atoms with Gasteiger partial charge in [-0.3, -0.25) is 0 Å². The van der Waals surface area contributed by atoms with Gasteiger partial charge in [-0.05, 0) is 31.2 Å². The van der Waals surface area contributed by atoms with Gasteiger partial charge >= 0.3 is 5.97 Å². The second kappa shape index (κ2) is 7.68. The molecule has 0 spiro atoms. The van der Waals surface area contributed by atoms with Crippen molar-refractivity contribution in [3.8, 4) is 5.75 Å². The predicted molar refractivity (Wildman–Crippen MR) is 66.0 cm³/mol. The van der Waals surface area contributed by atoms with Crippen LogP contribution in [-0.2, 0) is 16.1 Å². The van der Waals surface area contributed by atoms with Crippen LogP contribution < -0.4 is 10.1 Å². The van der Waals surface area contributed by atoms with Crippen molar-refractivity contribution < 1.29 is 14.3 Å². The smallest absolute Gasteiger partial charge is 0.344 e. The molecule has 0 aliphatic rings. The van der Waals surface area contributed by atoms with E-state index >= 15 is 0 Å². The van der Waals surface area contributed by atoms with Gasteiger partial charge in [0.15, 0.2) is 6.61 Å². The Labute approximate surface area is 102 Å². The first-order valence-corrected chi connectivity index (χ1v) is 5.84. The number of carbonyl (C=O) groups excluding carboxylic acids is 1. The minimum absolute atomic E-state index is 0.0432.